The number of pyridine rings is 1. The summed E-state index contributed by atoms with van der Waals surface area (Å²) in [5, 5.41) is 2.91. The van der Waals surface area contributed by atoms with E-state index in [2.05, 4.69) is 41.0 Å². The highest BCUT2D eigenvalue weighted by Crippen LogP contribution is 2.22. The minimum absolute atomic E-state index is 0.134. The molecule has 0 bridgehead atoms. The van der Waals surface area contributed by atoms with E-state index in [0.717, 1.165) is 37.4 Å². The summed E-state index contributed by atoms with van der Waals surface area (Å²) in [5.74, 6) is 0.788. The molecule has 1 fully saturated rings. The zero-order chi connectivity index (χ0) is 19.4. The van der Waals surface area contributed by atoms with Crippen molar-refractivity contribution in [3.63, 3.8) is 0 Å². The number of nitrogens with zero attached hydrogens (tertiary/aromatic N) is 3. The van der Waals surface area contributed by atoms with Crippen molar-refractivity contribution < 1.29 is 4.79 Å². The van der Waals surface area contributed by atoms with Crippen molar-refractivity contribution >= 4 is 17.4 Å². The van der Waals surface area contributed by atoms with E-state index in [4.69, 9.17) is 0 Å². The number of aromatic nitrogens is 1. The lowest BCUT2D eigenvalue weighted by atomic mass is 10.0. The molecule has 1 aliphatic heterocycles. The molecule has 5 nitrogen and oxygen atoms in total. The van der Waals surface area contributed by atoms with Crippen LogP contribution in [-0.2, 0) is 0 Å². The number of nitrogens with one attached hydrogen (secondary N) is 1. The molecule has 2 heterocycles. The lowest BCUT2D eigenvalue weighted by Gasteiger charge is -2.39. The maximum absolute atomic E-state index is 12.4. The van der Waals surface area contributed by atoms with Gasteiger partial charge in [0.05, 0.1) is 5.56 Å². The Morgan fingerprint density at radius 2 is 1.81 bits per heavy atom. The van der Waals surface area contributed by atoms with Gasteiger partial charge in [-0.15, -0.1) is 0 Å². The van der Waals surface area contributed by atoms with Gasteiger partial charge in [-0.2, -0.15) is 0 Å². The van der Waals surface area contributed by atoms with Crippen molar-refractivity contribution in [1.82, 2.24) is 9.88 Å². The number of amides is 1. The van der Waals surface area contributed by atoms with Gasteiger partial charge in [0.25, 0.3) is 5.91 Å². The second-order valence-corrected chi connectivity index (χ2v) is 7.70. The third-order valence-electron chi connectivity index (χ3n) is 5.46. The maximum atomic E-state index is 12.4. The van der Waals surface area contributed by atoms with Gasteiger partial charge in [-0.05, 0) is 57.9 Å². The van der Waals surface area contributed by atoms with Gasteiger partial charge in [0.15, 0.2) is 0 Å². The molecule has 2 aromatic rings. The lowest BCUT2D eigenvalue weighted by Crippen LogP contribution is -2.45. The Hall–Kier alpha value is -2.40. The van der Waals surface area contributed by atoms with Crippen LogP contribution in [0.25, 0.3) is 0 Å². The summed E-state index contributed by atoms with van der Waals surface area (Å²) in [5.41, 5.74) is 2.53. The first-order valence-corrected chi connectivity index (χ1v) is 9.75. The quantitative estimate of drug-likeness (QED) is 0.870. The number of aryl methyl sites for hydroxylation is 1. The highest BCUT2D eigenvalue weighted by Gasteiger charge is 2.24. The van der Waals surface area contributed by atoms with Crippen LogP contribution in [0.4, 0.5) is 11.5 Å². The highest BCUT2D eigenvalue weighted by atomic mass is 16.1. The molecule has 27 heavy (non-hydrogen) atoms. The normalized spacial score (nSPS) is 15.7. The van der Waals surface area contributed by atoms with Crippen LogP contribution in [0.1, 0.15) is 42.6 Å². The summed E-state index contributed by atoms with van der Waals surface area (Å²) in [4.78, 5) is 21.7. The Morgan fingerprint density at radius 1 is 1.15 bits per heavy atom. The van der Waals surface area contributed by atoms with Crippen molar-refractivity contribution in [3.05, 3.63) is 53.7 Å². The van der Waals surface area contributed by atoms with Gasteiger partial charge in [-0.1, -0.05) is 17.7 Å². The molecular formula is C22H30N4O. The van der Waals surface area contributed by atoms with Crippen LogP contribution >= 0.6 is 0 Å². The minimum atomic E-state index is -0.134. The number of benzene rings is 1. The molecule has 1 amide bonds. The molecule has 0 aliphatic carbocycles. The van der Waals surface area contributed by atoms with Crippen molar-refractivity contribution in [2.75, 3.05) is 30.4 Å². The average Bonchev–Trinajstić information content (AvgIpc) is 2.69. The van der Waals surface area contributed by atoms with E-state index in [1.807, 2.05) is 43.3 Å². The van der Waals surface area contributed by atoms with Crippen molar-refractivity contribution in [2.45, 2.75) is 45.7 Å². The Kier molecular flexibility index (Phi) is 6.11. The van der Waals surface area contributed by atoms with E-state index in [9.17, 15) is 4.79 Å². The largest absolute Gasteiger partial charge is 0.357 e. The third-order valence-corrected chi connectivity index (χ3v) is 5.46. The predicted octanol–water partition coefficient (Wildman–Crippen LogP) is 3.95. The summed E-state index contributed by atoms with van der Waals surface area (Å²) in [6, 6.07) is 12.7. The first-order valence-electron chi connectivity index (χ1n) is 9.75. The summed E-state index contributed by atoms with van der Waals surface area (Å²) >= 11 is 0. The number of rotatable bonds is 5. The number of anilines is 2. The highest BCUT2D eigenvalue weighted by molar-refractivity contribution is 6.04. The molecule has 0 unspecified atom stereocenters. The van der Waals surface area contributed by atoms with Crippen LogP contribution < -0.4 is 10.2 Å². The molecule has 0 radical (unpaired) electrons. The Bertz CT molecular complexity index is 747. The number of likely N-dealkylation sites (tertiary alicyclic amines) is 1. The van der Waals surface area contributed by atoms with Crippen LogP contribution in [0.3, 0.4) is 0 Å². The van der Waals surface area contributed by atoms with Crippen LogP contribution in [0.5, 0.6) is 0 Å². The summed E-state index contributed by atoms with van der Waals surface area (Å²) in [6.45, 7) is 8.79. The predicted molar refractivity (Wildman–Crippen MR) is 112 cm³/mol. The smallest absolute Gasteiger partial charge is 0.257 e. The molecule has 1 aromatic carbocycles. The summed E-state index contributed by atoms with van der Waals surface area (Å²) < 4.78 is 0. The van der Waals surface area contributed by atoms with Crippen LogP contribution in [0.2, 0.25) is 0 Å². The molecule has 1 saturated heterocycles. The van der Waals surface area contributed by atoms with E-state index in [1.54, 1.807) is 6.20 Å². The van der Waals surface area contributed by atoms with Gasteiger partial charge < -0.3 is 15.1 Å². The fourth-order valence-electron chi connectivity index (χ4n) is 3.55. The van der Waals surface area contributed by atoms with E-state index >= 15 is 0 Å². The minimum Gasteiger partial charge on any atom is -0.357 e. The topological polar surface area (TPSA) is 48.5 Å². The molecule has 144 valence electrons. The molecule has 1 aromatic heterocycles. The Labute approximate surface area is 162 Å². The van der Waals surface area contributed by atoms with Gasteiger partial charge in [0, 0.05) is 44.1 Å². The second kappa shape index (κ2) is 8.53. The third kappa shape index (κ3) is 4.86. The molecular weight excluding hydrogens is 336 g/mol. The number of hydrogen-bond acceptors (Lipinski definition) is 4. The van der Waals surface area contributed by atoms with Crippen molar-refractivity contribution in [3.8, 4) is 0 Å². The van der Waals surface area contributed by atoms with E-state index in [-0.39, 0.29) is 5.91 Å². The monoisotopic (exact) mass is 366 g/mol. The molecule has 5 heteroatoms. The average molecular weight is 367 g/mol. The first kappa shape index (κ1) is 19.4. The Balaban J connectivity index is 1.59. The Morgan fingerprint density at radius 3 is 2.37 bits per heavy atom. The number of hydrogen-bond donors (Lipinski definition) is 1. The lowest BCUT2D eigenvalue weighted by molar-refractivity contribution is 0.102. The van der Waals surface area contributed by atoms with E-state index in [1.165, 1.54) is 5.56 Å². The van der Waals surface area contributed by atoms with Gasteiger partial charge in [0.2, 0.25) is 0 Å². The van der Waals surface area contributed by atoms with E-state index in [0.29, 0.717) is 17.6 Å². The summed E-state index contributed by atoms with van der Waals surface area (Å²) in [6.07, 6.45) is 3.96. The number of carbonyl (C=O) groups excluding carboxylic acids is 1. The molecule has 1 N–H and O–H groups in total. The van der Waals surface area contributed by atoms with Crippen LogP contribution in [0.15, 0.2) is 42.6 Å². The molecule has 0 saturated carbocycles. The van der Waals surface area contributed by atoms with E-state index < -0.39 is 0 Å². The van der Waals surface area contributed by atoms with Crippen molar-refractivity contribution in [2.24, 2.45) is 0 Å². The van der Waals surface area contributed by atoms with Gasteiger partial charge in [-0.25, -0.2) is 4.98 Å². The van der Waals surface area contributed by atoms with Gasteiger partial charge >= 0.3 is 0 Å². The van der Waals surface area contributed by atoms with Crippen molar-refractivity contribution in [1.29, 1.82) is 0 Å². The SMILES string of the molecule is Cc1ccc(NC(=O)c2ccc(N(C)C3CCN(C(C)C)CC3)nc2)cc1. The fourth-order valence-corrected chi connectivity index (χ4v) is 3.55. The maximum Gasteiger partial charge on any atom is 0.257 e. The molecule has 0 atom stereocenters. The zero-order valence-corrected chi connectivity index (χ0v) is 16.8. The zero-order valence-electron chi connectivity index (χ0n) is 16.8. The molecule has 1 aliphatic rings. The standard InChI is InChI=1S/C22H30N4O/c1-16(2)26-13-11-20(12-14-26)25(4)21-10-7-18(15-23-21)22(27)24-19-8-5-17(3)6-9-19/h5-10,15-16,20H,11-14H2,1-4H3,(H,24,27). The van der Waals surface area contributed by atoms with Crippen LogP contribution in [0, 0.1) is 6.92 Å². The van der Waals surface area contributed by atoms with Gasteiger partial charge in [0.1, 0.15) is 5.82 Å². The second-order valence-electron chi connectivity index (χ2n) is 7.70. The molecule has 0 spiro atoms. The summed E-state index contributed by atoms with van der Waals surface area (Å²) in [7, 11) is 2.10. The van der Waals surface area contributed by atoms with Gasteiger partial charge in [-0.3, -0.25) is 4.79 Å². The molecule has 3 rings (SSSR count). The first-order chi connectivity index (χ1) is 12.9. The number of carbonyl (C=O) groups is 1. The number of piperidine rings is 1. The fraction of sp³-hybridized carbons (Fsp3) is 0.455. The van der Waals surface area contributed by atoms with Crippen LogP contribution in [-0.4, -0.2) is 48.0 Å².